The Labute approximate surface area is 65.7 Å². The molecule has 0 N–H and O–H groups in total. The Bertz CT molecular complexity index is 186. The number of Topliss-reactive ketones (excluding diaryl/α,β-unsaturated/α-hetero) is 1. The highest BCUT2D eigenvalue weighted by atomic mass is 16.5. The van der Waals surface area contributed by atoms with Crippen molar-refractivity contribution in [2.45, 2.75) is 32.8 Å². The van der Waals surface area contributed by atoms with Crippen LogP contribution >= 0.6 is 0 Å². The molecule has 1 aliphatic rings. The molecule has 1 heterocycles. The summed E-state index contributed by atoms with van der Waals surface area (Å²) < 4.78 is 4.96. The molecular formula is C8H12O3. The van der Waals surface area contributed by atoms with E-state index in [2.05, 4.69) is 0 Å². The lowest BCUT2D eigenvalue weighted by Gasteiger charge is -2.26. The zero-order valence-electron chi connectivity index (χ0n) is 6.79. The van der Waals surface area contributed by atoms with Crippen LogP contribution in [-0.2, 0) is 14.3 Å². The molecule has 2 unspecified atom stereocenters. The van der Waals surface area contributed by atoms with Crippen LogP contribution in [0.4, 0.5) is 0 Å². The van der Waals surface area contributed by atoms with Gasteiger partial charge in [0.1, 0.15) is 18.3 Å². The van der Waals surface area contributed by atoms with Gasteiger partial charge in [-0.15, -0.1) is 0 Å². The second-order valence-corrected chi connectivity index (χ2v) is 2.87. The number of esters is 1. The first-order chi connectivity index (χ1) is 5.15. The Hall–Kier alpha value is -0.860. The van der Waals surface area contributed by atoms with Crippen LogP contribution in [0.25, 0.3) is 0 Å². The zero-order valence-corrected chi connectivity index (χ0v) is 6.79. The number of cyclic esters (lactones) is 1. The standard InChI is InChI=1S/C8H12O3/c1-3-7-5(2)6(9)4-8(10)11-7/h5,7H,3-4H2,1-2H3. The Morgan fingerprint density at radius 3 is 2.73 bits per heavy atom. The third-order valence-corrected chi connectivity index (χ3v) is 2.07. The van der Waals surface area contributed by atoms with E-state index in [1.165, 1.54) is 0 Å². The number of carbonyl (C=O) groups is 2. The van der Waals surface area contributed by atoms with Crippen LogP contribution < -0.4 is 0 Å². The summed E-state index contributed by atoms with van der Waals surface area (Å²) in [5, 5.41) is 0. The van der Waals surface area contributed by atoms with Crippen molar-refractivity contribution in [2.75, 3.05) is 0 Å². The largest absolute Gasteiger partial charge is 0.461 e. The fourth-order valence-electron chi connectivity index (χ4n) is 1.26. The molecule has 1 saturated heterocycles. The van der Waals surface area contributed by atoms with E-state index in [4.69, 9.17) is 4.74 Å². The van der Waals surface area contributed by atoms with Gasteiger partial charge < -0.3 is 4.74 Å². The number of hydrogen-bond donors (Lipinski definition) is 0. The quantitative estimate of drug-likeness (QED) is 0.418. The Morgan fingerprint density at radius 1 is 1.55 bits per heavy atom. The first-order valence-corrected chi connectivity index (χ1v) is 3.87. The average Bonchev–Trinajstić information content (AvgIpc) is 1.96. The molecular weight excluding hydrogens is 144 g/mol. The second-order valence-electron chi connectivity index (χ2n) is 2.87. The number of rotatable bonds is 1. The summed E-state index contributed by atoms with van der Waals surface area (Å²) in [5.74, 6) is -0.481. The summed E-state index contributed by atoms with van der Waals surface area (Å²) in [6, 6.07) is 0. The first-order valence-electron chi connectivity index (χ1n) is 3.87. The number of carbonyl (C=O) groups excluding carboxylic acids is 2. The SMILES string of the molecule is CCC1OC(=O)CC(=O)C1C. The third-order valence-electron chi connectivity index (χ3n) is 2.07. The fraction of sp³-hybridized carbons (Fsp3) is 0.750. The third kappa shape index (κ3) is 1.59. The van der Waals surface area contributed by atoms with Crippen LogP contribution in [0.1, 0.15) is 26.7 Å². The van der Waals surface area contributed by atoms with Gasteiger partial charge in [0.2, 0.25) is 0 Å². The Kier molecular flexibility index (Phi) is 2.27. The van der Waals surface area contributed by atoms with Crippen LogP contribution in [0, 0.1) is 5.92 Å². The highest BCUT2D eigenvalue weighted by Crippen LogP contribution is 2.19. The minimum Gasteiger partial charge on any atom is -0.461 e. The van der Waals surface area contributed by atoms with Gasteiger partial charge >= 0.3 is 5.97 Å². The smallest absolute Gasteiger partial charge is 0.313 e. The van der Waals surface area contributed by atoms with Crippen molar-refractivity contribution in [3.63, 3.8) is 0 Å². The highest BCUT2D eigenvalue weighted by Gasteiger charge is 2.32. The van der Waals surface area contributed by atoms with Crippen LogP contribution in [0.15, 0.2) is 0 Å². The lowest BCUT2D eigenvalue weighted by Crippen LogP contribution is -2.37. The number of ether oxygens (including phenoxy) is 1. The lowest BCUT2D eigenvalue weighted by molar-refractivity contribution is -0.162. The van der Waals surface area contributed by atoms with E-state index in [0.29, 0.717) is 0 Å². The molecule has 0 bridgehead atoms. The van der Waals surface area contributed by atoms with Gasteiger partial charge in [-0.25, -0.2) is 0 Å². The van der Waals surface area contributed by atoms with Gasteiger partial charge in [0.05, 0.1) is 5.92 Å². The zero-order chi connectivity index (χ0) is 8.43. The van der Waals surface area contributed by atoms with E-state index in [1.54, 1.807) is 0 Å². The molecule has 0 amide bonds. The van der Waals surface area contributed by atoms with E-state index in [0.717, 1.165) is 6.42 Å². The van der Waals surface area contributed by atoms with Crippen molar-refractivity contribution in [1.82, 2.24) is 0 Å². The van der Waals surface area contributed by atoms with E-state index in [1.807, 2.05) is 13.8 Å². The molecule has 62 valence electrons. The maximum Gasteiger partial charge on any atom is 0.313 e. The molecule has 1 rings (SSSR count). The van der Waals surface area contributed by atoms with Gasteiger partial charge in [-0.1, -0.05) is 13.8 Å². The second kappa shape index (κ2) is 3.03. The van der Waals surface area contributed by atoms with Crippen molar-refractivity contribution < 1.29 is 14.3 Å². The highest BCUT2D eigenvalue weighted by molar-refractivity contribution is 5.98. The number of hydrogen-bond acceptors (Lipinski definition) is 3. The van der Waals surface area contributed by atoms with Crippen molar-refractivity contribution in [1.29, 1.82) is 0 Å². The molecule has 3 heteroatoms. The van der Waals surface area contributed by atoms with Crippen molar-refractivity contribution in [3.05, 3.63) is 0 Å². The minimum atomic E-state index is -0.375. The van der Waals surface area contributed by atoms with E-state index < -0.39 is 0 Å². The fourth-order valence-corrected chi connectivity index (χ4v) is 1.26. The van der Waals surface area contributed by atoms with E-state index >= 15 is 0 Å². The molecule has 1 aliphatic heterocycles. The predicted octanol–water partition coefficient (Wildman–Crippen LogP) is 0.917. The normalized spacial score (nSPS) is 31.8. The maximum atomic E-state index is 11.1. The van der Waals surface area contributed by atoms with E-state index in [9.17, 15) is 9.59 Å². The van der Waals surface area contributed by atoms with Gasteiger partial charge in [-0.2, -0.15) is 0 Å². The molecule has 11 heavy (non-hydrogen) atoms. The molecule has 0 aliphatic carbocycles. The van der Waals surface area contributed by atoms with Gasteiger partial charge in [0.25, 0.3) is 0 Å². The molecule has 0 spiro atoms. The van der Waals surface area contributed by atoms with Gasteiger partial charge in [0, 0.05) is 0 Å². The topological polar surface area (TPSA) is 43.4 Å². The molecule has 0 aromatic carbocycles. The molecule has 0 radical (unpaired) electrons. The van der Waals surface area contributed by atoms with Gasteiger partial charge in [-0.3, -0.25) is 9.59 Å². The van der Waals surface area contributed by atoms with Crippen LogP contribution in [-0.4, -0.2) is 17.9 Å². The Balaban J connectivity index is 2.66. The van der Waals surface area contributed by atoms with Gasteiger partial charge in [0.15, 0.2) is 0 Å². The monoisotopic (exact) mass is 156 g/mol. The van der Waals surface area contributed by atoms with Gasteiger partial charge in [-0.05, 0) is 6.42 Å². The summed E-state index contributed by atoms with van der Waals surface area (Å²) in [6.45, 7) is 3.72. The van der Waals surface area contributed by atoms with E-state index in [-0.39, 0.29) is 30.2 Å². The van der Waals surface area contributed by atoms with Crippen LogP contribution in [0.3, 0.4) is 0 Å². The molecule has 0 aromatic heterocycles. The summed E-state index contributed by atoms with van der Waals surface area (Å²) in [5.41, 5.74) is 0. The summed E-state index contributed by atoms with van der Waals surface area (Å²) in [6.07, 6.45) is 0.486. The van der Waals surface area contributed by atoms with Crippen molar-refractivity contribution in [2.24, 2.45) is 5.92 Å². The average molecular weight is 156 g/mol. The summed E-state index contributed by atoms with van der Waals surface area (Å²) in [7, 11) is 0. The van der Waals surface area contributed by atoms with Crippen LogP contribution in [0.2, 0.25) is 0 Å². The molecule has 3 nitrogen and oxygen atoms in total. The summed E-state index contributed by atoms with van der Waals surface area (Å²) >= 11 is 0. The molecule has 2 atom stereocenters. The maximum absolute atomic E-state index is 11.1. The lowest BCUT2D eigenvalue weighted by atomic mass is 9.93. The van der Waals surface area contributed by atoms with Crippen LogP contribution in [0.5, 0.6) is 0 Å². The van der Waals surface area contributed by atoms with Crippen molar-refractivity contribution >= 4 is 11.8 Å². The molecule has 1 fully saturated rings. The predicted molar refractivity (Wildman–Crippen MR) is 39.0 cm³/mol. The minimum absolute atomic E-state index is 0.00750. The number of ketones is 1. The summed E-state index contributed by atoms with van der Waals surface area (Å²) in [4.78, 5) is 21.8. The molecule has 0 saturated carbocycles. The first kappa shape index (κ1) is 8.24. The molecule has 0 aromatic rings. The Morgan fingerprint density at radius 2 is 2.18 bits per heavy atom. The van der Waals surface area contributed by atoms with Crippen molar-refractivity contribution in [3.8, 4) is 0 Å².